The van der Waals surface area contributed by atoms with Crippen LogP contribution in [0.25, 0.3) is 0 Å². The van der Waals surface area contributed by atoms with Crippen molar-refractivity contribution in [2.45, 2.75) is 25.4 Å². The van der Waals surface area contributed by atoms with Crippen LogP contribution in [0.5, 0.6) is 0 Å². The van der Waals surface area contributed by atoms with Gasteiger partial charge in [-0.05, 0) is 32.0 Å². The van der Waals surface area contributed by atoms with Crippen molar-refractivity contribution in [3.05, 3.63) is 30.1 Å². The average Bonchev–Trinajstić information content (AvgIpc) is 2.15. The molecular weight excluding hydrogens is 204 g/mol. The highest BCUT2D eigenvalue weighted by Gasteiger charge is 2.36. The third kappa shape index (κ3) is 2.39. The molecule has 4 nitrogen and oxygen atoms in total. The molecule has 1 aliphatic rings. The first kappa shape index (κ1) is 11.1. The first-order chi connectivity index (χ1) is 7.66. The van der Waals surface area contributed by atoms with E-state index in [9.17, 15) is 4.79 Å². The minimum atomic E-state index is -0.664. The van der Waals surface area contributed by atoms with Crippen LogP contribution in [0.4, 0.5) is 0 Å². The highest BCUT2D eigenvalue weighted by atomic mass is 16.4. The molecule has 1 fully saturated rings. The van der Waals surface area contributed by atoms with Crippen molar-refractivity contribution in [3.8, 4) is 0 Å². The lowest BCUT2D eigenvalue weighted by Gasteiger charge is -2.38. The molecule has 0 spiro atoms. The van der Waals surface area contributed by atoms with Crippen molar-refractivity contribution in [3.63, 3.8) is 0 Å². The van der Waals surface area contributed by atoms with E-state index in [1.807, 2.05) is 25.2 Å². The van der Waals surface area contributed by atoms with Gasteiger partial charge in [0.25, 0.3) is 0 Å². The lowest BCUT2D eigenvalue weighted by atomic mass is 9.79. The highest BCUT2D eigenvalue weighted by Crippen LogP contribution is 2.31. The third-order valence-electron chi connectivity index (χ3n) is 3.22. The summed E-state index contributed by atoms with van der Waals surface area (Å²) in [7, 11) is 2.03. The van der Waals surface area contributed by atoms with Crippen molar-refractivity contribution in [1.29, 1.82) is 0 Å². The van der Waals surface area contributed by atoms with Gasteiger partial charge in [0.1, 0.15) is 0 Å². The molecule has 2 rings (SSSR count). The van der Waals surface area contributed by atoms with Crippen LogP contribution in [0.3, 0.4) is 0 Å². The topological polar surface area (TPSA) is 53.4 Å². The summed E-state index contributed by atoms with van der Waals surface area (Å²) < 4.78 is 0. The number of aromatic nitrogens is 1. The molecule has 1 aliphatic carbocycles. The zero-order valence-corrected chi connectivity index (χ0v) is 9.34. The zero-order valence-electron chi connectivity index (χ0n) is 9.34. The Labute approximate surface area is 94.9 Å². The van der Waals surface area contributed by atoms with Crippen molar-refractivity contribution in [2.75, 3.05) is 7.05 Å². The maximum atomic E-state index is 10.7. The summed E-state index contributed by atoms with van der Waals surface area (Å²) in [5.41, 5.74) is 1.03. The maximum Gasteiger partial charge on any atom is 0.306 e. The molecule has 1 N–H and O–H groups in total. The number of carboxylic acids is 1. The number of hydrogen-bond donors (Lipinski definition) is 1. The van der Waals surface area contributed by atoms with Gasteiger partial charge in [0.15, 0.2) is 0 Å². The number of carboxylic acid groups (broad SMARTS) is 1. The molecule has 0 aliphatic heterocycles. The van der Waals surface area contributed by atoms with Gasteiger partial charge >= 0.3 is 5.97 Å². The lowest BCUT2D eigenvalue weighted by Crippen LogP contribution is -2.44. The van der Waals surface area contributed by atoms with Crippen LogP contribution >= 0.6 is 0 Å². The second-order valence-corrected chi connectivity index (χ2v) is 4.40. The van der Waals surface area contributed by atoms with E-state index in [-0.39, 0.29) is 5.92 Å². The molecule has 1 heterocycles. The molecule has 0 unspecified atom stereocenters. The number of pyridine rings is 1. The number of aliphatic carboxylic acids is 1. The van der Waals surface area contributed by atoms with Crippen LogP contribution in [-0.2, 0) is 11.3 Å². The number of carbonyl (C=O) groups is 1. The Morgan fingerprint density at radius 2 is 2.31 bits per heavy atom. The van der Waals surface area contributed by atoms with Crippen molar-refractivity contribution >= 4 is 5.97 Å². The van der Waals surface area contributed by atoms with Gasteiger partial charge in [0.05, 0.1) is 11.6 Å². The Morgan fingerprint density at radius 1 is 1.56 bits per heavy atom. The predicted octanol–water partition coefficient (Wildman–Crippen LogP) is 1.38. The molecule has 1 aromatic rings. The van der Waals surface area contributed by atoms with Crippen molar-refractivity contribution < 1.29 is 9.90 Å². The van der Waals surface area contributed by atoms with Crippen LogP contribution in [0, 0.1) is 5.92 Å². The number of rotatable bonds is 4. The fourth-order valence-electron chi connectivity index (χ4n) is 2.03. The van der Waals surface area contributed by atoms with Crippen LogP contribution in [0.1, 0.15) is 18.5 Å². The van der Waals surface area contributed by atoms with Crippen LogP contribution in [-0.4, -0.2) is 34.0 Å². The molecule has 0 atom stereocenters. The summed E-state index contributed by atoms with van der Waals surface area (Å²) >= 11 is 0. The molecular formula is C12H16N2O2. The fraction of sp³-hybridized carbons (Fsp3) is 0.500. The minimum absolute atomic E-state index is 0.142. The molecule has 4 heteroatoms. The molecule has 0 saturated heterocycles. The summed E-state index contributed by atoms with van der Waals surface area (Å²) in [4.78, 5) is 17.1. The third-order valence-corrected chi connectivity index (χ3v) is 3.22. The van der Waals surface area contributed by atoms with E-state index in [2.05, 4.69) is 9.88 Å². The van der Waals surface area contributed by atoms with Gasteiger partial charge in [-0.3, -0.25) is 14.7 Å². The van der Waals surface area contributed by atoms with Gasteiger partial charge < -0.3 is 5.11 Å². The Balaban J connectivity index is 1.82. The van der Waals surface area contributed by atoms with E-state index in [4.69, 9.17) is 5.11 Å². The standard InChI is InChI=1S/C12H16N2O2/c1-14(8-10-4-2-3-5-13-10)11-6-9(7-11)12(15)16/h2-5,9,11H,6-8H2,1H3,(H,15,16). The molecule has 86 valence electrons. The van der Waals surface area contributed by atoms with Crippen LogP contribution in [0.15, 0.2) is 24.4 Å². The zero-order chi connectivity index (χ0) is 11.5. The SMILES string of the molecule is CN(Cc1ccccn1)C1CC(C(=O)O)C1. The molecule has 1 aromatic heterocycles. The van der Waals surface area contributed by atoms with Crippen LogP contribution < -0.4 is 0 Å². The summed E-state index contributed by atoms with van der Waals surface area (Å²) in [6.07, 6.45) is 3.31. The lowest BCUT2D eigenvalue weighted by molar-refractivity contribution is -0.146. The first-order valence-corrected chi connectivity index (χ1v) is 5.50. The van der Waals surface area contributed by atoms with E-state index < -0.39 is 5.97 Å². The first-order valence-electron chi connectivity index (χ1n) is 5.50. The molecule has 0 radical (unpaired) electrons. The Morgan fingerprint density at radius 3 is 2.88 bits per heavy atom. The molecule has 0 aromatic carbocycles. The second kappa shape index (κ2) is 4.61. The number of nitrogens with zero attached hydrogens (tertiary/aromatic N) is 2. The smallest absolute Gasteiger partial charge is 0.306 e. The Bertz CT molecular complexity index is 361. The highest BCUT2D eigenvalue weighted by molar-refractivity contribution is 5.71. The van der Waals surface area contributed by atoms with E-state index in [0.29, 0.717) is 6.04 Å². The van der Waals surface area contributed by atoms with Gasteiger partial charge in [-0.25, -0.2) is 0 Å². The summed E-state index contributed by atoms with van der Waals surface area (Å²) in [5.74, 6) is -0.807. The van der Waals surface area contributed by atoms with Crippen LogP contribution in [0.2, 0.25) is 0 Å². The quantitative estimate of drug-likeness (QED) is 0.832. The van der Waals surface area contributed by atoms with E-state index in [0.717, 1.165) is 25.1 Å². The largest absolute Gasteiger partial charge is 0.481 e. The molecule has 1 saturated carbocycles. The van der Waals surface area contributed by atoms with Gasteiger partial charge in [-0.2, -0.15) is 0 Å². The second-order valence-electron chi connectivity index (χ2n) is 4.40. The monoisotopic (exact) mass is 220 g/mol. The molecule has 16 heavy (non-hydrogen) atoms. The normalized spacial score (nSPS) is 24.1. The van der Waals surface area contributed by atoms with Gasteiger partial charge in [0.2, 0.25) is 0 Å². The fourth-order valence-corrected chi connectivity index (χ4v) is 2.03. The van der Waals surface area contributed by atoms with Crippen molar-refractivity contribution in [1.82, 2.24) is 9.88 Å². The Hall–Kier alpha value is -1.42. The minimum Gasteiger partial charge on any atom is -0.481 e. The van der Waals surface area contributed by atoms with E-state index >= 15 is 0 Å². The van der Waals surface area contributed by atoms with Gasteiger partial charge in [-0.15, -0.1) is 0 Å². The van der Waals surface area contributed by atoms with Gasteiger partial charge in [0, 0.05) is 18.8 Å². The predicted molar refractivity (Wildman–Crippen MR) is 59.9 cm³/mol. The van der Waals surface area contributed by atoms with E-state index in [1.54, 1.807) is 6.20 Å². The average molecular weight is 220 g/mol. The van der Waals surface area contributed by atoms with E-state index in [1.165, 1.54) is 0 Å². The molecule has 0 bridgehead atoms. The molecule has 0 amide bonds. The summed E-state index contributed by atoms with van der Waals surface area (Å²) in [6.45, 7) is 0.790. The van der Waals surface area contributed by atoms with Gasteiger partial charge in [-0.1, -0.05) is 6.07 Å². The van der Waals surface area contributed by atoms with Crippen molar-refractivity contribution in [2.24, 2.45) is 5.92 Å². The Kier molecular flexibility index (Phi) is 3.19. The summed E-state index contributed by atoms with van der Waals surface area (Å²) in [5, 5.41) is 8.79. The summed E-state index contributed by atoms with van der Waals surface area (Å²) in [6, 6.07) is 6.25. The maximum absolute atomic E-state index is 10.7. The number of hydrogen-bond acceptors (Lipinski definition) is 3.